The van der Waals surface area contributed by atoms with Gasteiger partial charge in [-0.25, -0.2) is 5.48 Å². The van der Waals surface area contributed by atoms with E-state index in [0.717, 1.165) is 0 Å². The molecule has 58 valence electrons. The van der Waals surface area contributed by atoms with Crippen LogP contribution in [0.4, 0.5) is 0 Å². The van der Waals surface area contributed by atoms with Gasteiger partial charge in [-0.05, 0) is 0 Å². The molecule has 0 fully saturated rings. The Morgan fingerprint density at radius 1 is 1.60 bits per heavy atom. The van der Waals surface area contributed by atoms with Gasteiger partial charge in [0, 0.05) is 6.92 Å². The van der Waals surface area contributed by atoms with Crippen molar-refractivity contribution in [1.82, 2.24) is 5.48 Å². The van der Waals surface area contributed by atoms with Gasteiger partial charge in [0.25, 0.3) is 0 Å². The van der Waals surface area contributed by atoms with Gasteiger partial charge in [0.05, 0.1) is 13.0 Å². The van der Waals surface area contributed by atoms with E-state index in [2.05, 4.69) is 4.84 Å². The second kappa shape index (κ2) is 4.75. The fourth-order valence-electron chi connectivity index (χ4n) is 0.291. The van der Waals surface area contributed by atoms with E-state index < -0.39 is 5.97 Å². The maximum absolute atomic E-state index is 10.1. The van der Waals surface area contributed by atoms with Gasteiger partial charge in [0.15, 0.2) is 0 Å². The summed E-state index contributed by atoms with van der Waals surface area (Å²) in [5.74, 6) is -1.30. The average Bonchev–Trinajstić information content (AvgIpc) is 1.79. The largest absolute Gasteiger partial charge is 0.481 e. The monoisotopic (exact) mass is 147 g/mol. The van der Waals surface area contributed by atoms with Gasteiger partial charge < -0.3 is 5.11 Å². The zero-order chi connectivity index (χ0) is 7.98. The molecule has 0 atom stereocenters. The standard InChI is InChI=1S/C5H9NO4/c1-4(7)6-10-3-2-5(8)9/h2-3H2,1H3,(H,6,7)(H,8,9). The normalized spacial score (nSPS) is 8.90. The van der Waals surface area contributed by atoms with Crippen LogP contribution in [-0.2, 0) is 14.4 Å². The summed E-state index contributed by atoms with van der Waals surface area (Å²) in [4.78, 5) is 24.4. The van der Waals surface area contributed by atoms with Crippen molar-refractivity contribution < 1.29 is 19.5 Å². The van der Waals surface area contributed by atoms with Crippen molar-refractivity contribution in [2.45, 2.75) is 13.3 Å². The first-order valence-electron chi connectivity index (χ1n) is 2.73. The molecule has 0 saturated heterocycles. The van der Waals surface area contributed by atoms with Gasteiger partial charge in [-0.1, -0.05) is 0 Å². The van der Waals surface area contributed by atoms with Gasteiger partial charge in [0.2, 0.25) is 5.91 Å². The minimum atomic E-state index is -0.953. The average molecular weight is 147 g/mol. The number of aliphatic carboxylic acids is 1. The summed E-state index contributed by atoms with van der Waals surface area (Å²) in [6, 6.07) is 0. The lowest BCUT2D eigenvalue weighted by Crippen LogP contribution is -2.21. The maximum atomic E-state index is 10.1. The maximum Gasteiger partial charge on any atom is 0.305 e. The van der Waals surface area contributed by atoms with Crippen molar-refractivity contribution in [2.24, 2.45) is 0 Å². The van der Waals surface area contributed by atoms with Crippen LogP contribution >= 0.6 is 0 Å². The molecule has 1 amide bonds. The van der Waals surface area contributed by atoms with Crippen molar-refractivity contribution in [3.05, 3.63) is 0 Å². The molecule has 0 saturated carbocycles. The van der Waals surface area contributed by atoms with Gasteiger partial charge >= 0.3 is 5.97 Å². The number of rotatable bonds is 4. The van der Waals surface area contributed by atoms with Crippen LogP contribution in [0, 0.1) is 0 Å². The third-order valence-electron chi connectivity index (χ3n) is 0.634. The molecular formula is C5H9NO4. The predicted octanol–water partition coefficient (Wildman–Crippen LogP) is -0.471. The molecule has 5 nitrogen and oxygen atoms in total. The molecule has 0 radical (unpaired) electrons. The van der Waals surface area contributed by atoms with Crippen molar-refractivity contribution in [2.75, 3.05) is 6.61 Å². The van der Waals surface area contributed by atoms with E-state index in [0.29, 0.717) is 0 Å². The lowest BCUT2D eigenvalue weighted by Gasteiger charge is -1.99. The molecule has 0 aromatic heterocycles. The van der Waals surface area contributed by atoms with Gasteiger partial charge in [-0.3, -0.25) is 14.4 Å². The highest BCUT2D eigenvalue weighted by molar-refractivity contribution is 5.71. The number of carboxylic acid groups (broad SMARTS) is 1. The Hall–Kier alpha value is -1.10. The van der Waals surface area contributed by atoms with Crippen molar-refractivity contribution >= 4 is 11.9 Å². The highest BCUT2D eigenvalue weighted by Crippen LogP contribution is 1.78. The SMILES string of the molecule is CC(=O)NOCCC(=O)O. The van der Waals surface area contributed by atoms with Crippen molar-refractivity contribution in [1.29, 1.82) is 0 Å². The summed E-state index contributed by atoms with van der Waals surface area (Å²) < 4.78 is 0. The van der Waals surface area contributed by atoms with Crippen LogP contribution in [0.1, 0.15) is 13.3 Å². The van der Waals surface area contributed by atoms with Crippen LogP contribution < -0.4 is 5.48 Å². The molecule has 0 aromatic rings. The summed E-state index contributed by atoms with van der Waals surface area (Å²) in [5, 5.41) is 8.09. The van der Waals surface area contributed by atoms with E-state index in [1.54, 1.807) is 0 Å². The topological polar surface area (TPSA) is 75.6 Å². The van der Waals surface area contributed by atoms with E-state index in [1.165, 1.54) is 6.92 Å². The lowest BCUT2D eigenvalue weighted by molar-refractivity contribution is -0.141. The van der Waals surface area contributed by atoms with Crippen LogP contribution in [0.5, 0.6) is 0 Å². The molecular weight excluding hydrogens is 138 g/mol. The number of hydrogen-bond acceptors (Lipinski definition) is 3. The molecule has 0 aliphatic heterocycles. The first-order valence-corrected chi connectivity index (χ1v) is 2.73. The Bertz CT molecular complexity index is 118. The molecule has 0 bridgehead atoms. The third kappa shape index (κ3) is 6.90. The summed E-state index contributed by atoms with van der Waals surface area (Å²) in [7, 11) is 0. The molecule has 0 aliphatic rings. The first kappa shape index (κ1) is 8.90. The molecule has 0 heterocycles. The molecule has 2 N–H and O–H groups in total. The molecule has 0 aromatic carbocycles. The second-order valence-electron chi connectivity index (χ2n) is 1.65. The van der Waals surface area contributed by atoms with Crippen LogP contribution in [0.3, 0.4) is 0 Å². The molecule has 0 rings (SSSR count). The zero-order valence-electron chi connectivity index (χ0n) is 5.59. The predicted molar refractivity (Wildman–Crippen MR) is 32.0 cm³/mol. The van der Waals surface area contributed by atoms with Crippen LogP contribution in [0.2, 0.25) is 0 Å². The van der Waals surface area contributed by atoms with Gasteiger partial charge in [-0.15, -0.1) is 0 Å². The van der Waals surface area contributed by atoms with Crippen LogP contribution in [0.15, 0.2) is 0 Å². The summed E-state index contributed by atoms with van der Waals surface area (Å²) in [6.07, 6.45) is -0.111. The van der Waals surface area contributed by atoms with E-state index >= 15 is 0 Å². The van der Waals surface area contributed by atoms with E-state index in [1.807, 2.05) is 5.48 Å². The quantitative estimate of drug-likeness (QED) is 0.416. The zero-order valence-corrected chi connectivity index (χ0v) is 5.59. The van der Waals surface area contributed by atoms with Crippen LogP contribution in [0.25, 0.3) is 0 Å². The Morgan fingerprint density at radius 2 is 2.20 bits per heavy atom. The van der Waals surface area contributed by atoms with Crippen molar-refractivity contribution in [3.63, 3.8) is 0 Å². The fraction of sp³-hybridized carbons (Fsp3) is 0.600. The Balaban J connectivity index is 3.06. The Kier molecular flexibility index (Phi) is 4.23. The van der Waals surface area contributed by atoms with Crippen LogP contribution in [-0.4, -0.2) is 23.6 Å². The number of carbonyl (C=O) groups is 2. The van der Waals surface area contributed by atoms with E-state index in [9.17, 15) is 9.59 Å². The minimum absolute atomic E-state index is 0.00505. The van der Waals surface area contributed by atoms with Gasteiger partial charge in [0.1, 0.15) is 0 Å². The number of carboxylic acids is 1. The third-order valence-corrected chi connectivity index (χ3v) is 0.634. The van der Waals surface area contributed by atoms with E-state index in [-0.39, 0.29) is 18.9 Å². The second-order valence-corrected chi connectivity index (χ2v) is 1.65. The number of hydroxylamine groups is 1. The number of hydrogen-bond donors (Lipinski definition) is 2. The lowest BCUT2D eigenvalue weighted by atomic mass is 10.5. The number of nitrogens with one attached hydrogen (secondary N) is 1. The van der Waals surface area contributed by atoms with E-state index in [4.69, 9.17) is 5.11 Å². The highest BCUT2D eigenvalue weighted by Gasteiger charge is 1.96. The van der Waals surface area contributed by atoms with Gasteiger partial charge in [-0.2, -0.15) is 0 Å². The highest BCUT2D eigenvalue weighted by atomic mass is 16.6. The minimum Gasteiger partial charge on any atom is -0.481 e. The fourth-order valence-corrected chi connectivity index (χ4v) is 0.291. The summed E-state index contributed by atoms with van der Waals surface area (Å²) >= 11 is 0. The first-order chi connectivity index (χ1) is 4.63. The number of carbonyl (C=O) groups excluding carboxylic acids is 1. The molecule has 0 unspecified atom stereocenters. The summed E-state index contributed by atoms with van der Waals surface area (Å²) in [5.41, 5.74) is 2.00. The molecule has 5 heteroatoms. The summed E-state index contributed by atoms with van der Waals surface area (Å²) in [6.45, 7) is 1.27. The Labute approximate surface area is 57.9 Å². The Morgan fingerprint density at radius 3 is 2.60 bits per heavy atom. The molecule has 0 aliphatic carbocycles. The number of amides is 1. The van der Waals surface area contributed by atoms with Crippen molar-refractivity contribution in [3.8, 4) is 0 Å². The molecule has 0 spiro atoms. The molecule has 10 heavy (non-hydrogen) atoms. The smallest absolute Gasteiger partial charge is 0.305 e.